The van der Waals surface area contributed by atoms with E-state index in [-0.39, 0.29) is 18.7 Å². The molecule has 118 valence electrons. The number of halogens is 3. The number of nitrogens with zero attached hydrogens (tertiary/aromatic N) is 1. The van der Waals surface area contributed by atoms with Gasteiger partial charge in [-0.1, -0.05) is 13.0 Å². The minimum atomic E-state index is -4.46. The highest BCUT2D eigenvalue weighted by Crippen LogP contribution is 2.20. The number of amides is 1. The molecule has 0 fully saturated rings. The molecule has 4 nitrogen and oxygen atoms in total. The van der Waals surface area contributed by atoms with Gasteiger partial charge in [-0.05, 0) is 24.6 Å². The summed E-state index contributed by atoms with van der Waals surface area (Å²) in [5.41, 5.74) is 5.43. The maximum absolute atomic E-state index is 12.5. The lowest BCUT2D eigenvalue weighted by atomic mass is 10.2. The monoisotopic (exact) mass is 304 g/mol. The molecule has 0 aliphatic rings. The second kappa shape index (κ2) is 7.87. The van der Waals surface area contributed by atoms with E-state index in [1.165, 1.54) is 12.1 Å². The van der Waals surface area contributed by atoms with E-state index in [9.17, 15) is 18.0 Å². The van der Waals surface area contributed by atoms with Gasteiger partial charge in [-0.2, -0.15) is 13.2 Å². The second-order valence-corrected chi connectivity index (χ2v) is 4.51. The van der Waals surface area contributed by atoms with Crippen LogP contribution in [0.5, 0.6) is 5.75 Å². The Balaban J connectivity index is 2.87. The molecule has 21 heavy (non-hydrogen) atoms. The zero-order valence-electron chi connectivity index (χ0n) is 11.8. The Morgan fingerprint density at radius 3 is 2.67 bits per heavy atom. The van der Waals surface area contributed by atoms with Crippen molar-refractivity contribution in [1.29, 1.82) is 0 Å². The van der Waals surface area contributed by atoms with Crippen molar-refractivity contribution in [2.24, 2.45) is 5.73 Å². The molecule has 1 amide bonds. The maximum Gasteiger partial charge on any atom is 0.406 e. The Kier molecular flexibility index (Phi) is 6.48. The van der Waals surface area contributed by atoms with E-state index in [0.29, 0.717) is 17.3 Å². The molecule has 0 saturated carbocycles. The number of carbonyl (C=O) groups excluding carboxylic acids is 1. The van der Waals surface area contributed by atoms with Crippen molar-refractivity contribution in [2.45, 2.75) is 19.5 Å². The summed E-state index contributed by atoms with van der Waals surface area (Å²) in [4.78, 5) is 12.8. The summed E-state index contributed by atoms with van der Waals surface area (Å²) >= 11 is 0. The summed E-state index contributed by atoms with van der Waals surface area (Å²) in [6, 6.07) is 6.13. The summed E-state index contributed by atoms with van der Waals surface area (Å²) in [6.07, 6.45) is -3.66. The zero-order valence-corrected chi connectivity index (χ0v) is 11.8. The number of rotatable bonds is 7. The molecule has 0 heterocycles. The molecule has 1 rings (SSSR count). The summed E-state index contributed by atoms with van der Waals surface area (Å²) in [7, 11) is 0. The van der Waals surface area contributed by atoms with Crippen LogP contribution < -0.4 is 10.5 Å². The number of nitrogens with two attached hydrogens (primary N) is 1. The van der Waals surface area contributed by atoms with Crippen molar-refractivity contribution in [3.8, 4) is 5.75 Å². The lowest BCUT2D eigenvalue weighted by molar-refractivity contribution is -0.140. The highest BCUT2D eigenvalue weighted by Gasteiger charge is 2.33. The minimum Gasteiger partial charge on any atom is -0.494 e. The third-order valence-corrected chi connectivity index (χ3v) is 2.61. The molecule has 0 radical (unpaired) electrons. The van der Waals surface area contributed by atoms with Gasteiger partial charge in [-0.3, -0.25) is 4.79 Å². The van der Waals surface area contributed by atoms with Crippen LogP contribution in [-0.2, 0) is 0 Å². The first-order valence-corrected chi connectivity index (χ1v) is 6.66. The number of benzene rings is 1. The third-order valence-electron chi connectivity index (χ3n) is 2.61. The average Bonchev–Trinajstić information content (AvgIpc) is 2.43. The molecule has 1 aromatic rings. The van der Waals surface area contributed by atoms with Crippen LogP contribution in [0.1, 0.15) is 23.7 Å². The van der Waals surface area contributed by atoms with E-state index in [1.54, 1.807) is 12.1 Å². The van der Waals surface area contributed by atoms with Gasteiger partial charge in [-0.25, -0.2) is 0 Å². The van der Waals surface area contributed by atoms with Crippen molar-refractivity contribution in [3.63, 3.8) is 0 Å². The molecular formula is C14H19F3N2O2. The van der Waals surface area contributed by atoms with Crippen molar-refractivity contribution in [1.82, 2.24) is 4.90 Å². The first kappa shape index (κ1) is 17.3. The largest absolute Gasteiger partial charge is 0.494 e. The van der Waals surface area contributed by atoms with Crippen LogP contribution in [-0.4, -0.2) is 43.2 Å². The van der Waals surface area contributed by atoms with Gasteiger partial charge in [0, 0.05) is 18.7 Å². The topological polar surface area (TPSA) is 55.6 Å². The molecule has 0 saturated heterocycles. The van der Waals surface area contributed by atoms with Crippen molar-refractivity contribution < 1.29 is 22.7 Å². The molecule has 0 aromatic heterocycles. The Hall–Kier alpha value is -1.76. The minimum absolute atomic E-state index is 0.0339. The molecule has 7 heteroatoms. The maximum atomic E-state index is 12.5. The Labute approximate surface area is 121 Å². The van der Waals surface area contributed by atoms with Crippen LogP contribution in [0, 0.1) is 0 Å². The van der Waals surface area contributed by atoms with Gasteiger partial charge < -0.3 is 15.4 Å². The second-order valence-electron chi connectivity index (χ2n) is 4.51. The van der Waals surface area contributed by atoms with Gasteiger partial charge in [0.15, 0.2) is 0 Å². The fourth-order valence-electron chi connectivity index (χ4n) is 1.75. The van der Waals surface area contributed by atoms with Crippen LogP contribution in [0.4, 0.5) is 13.2 Å². The Morgan fingerprint density at radius 1 is 1.38 bits per heavy atom. The van der Waals surface area contributed by atoms with Gasteiger partial charge in [0.25, 0.3) is 5.91 Å². The summed E-state index contributed by atoms with van der Waals surface area (Å²) in [5, 5.41) is 0. The lowest BCUT2D eigenvalue weighted by Gasteiger charge is -2.23. The van der Waals surface area contributed by atoms with E-state index in [2.05, 4.69) is 0 Å². The van der Waals surface area contributed by atoms with Crippen molar-refractivity contribution >= 4 is 5.91 Å². The quantitative estimate of drug-likeness (QED) is 0.842. The van der Waals surface area contributed by atoms with Crippen LogP contribution in [0.3, 0.4) is 0 Å². The van der Waals surface area contributed by atoms with Crippen LogP contribution >= 0.6 is 0 Å². The van der Waals surface area contributed by atoms with Gasteiger partial charge in [0.1, 0.15) is 12.3 Å². The van der Waals surface area contributed by atoms with Crippen LogP contribution in [0.15, 0.2) is 24.3 Å². The predicted molar refractivity (Wildman–Crippen MR) is 73.2 cm³/mol. The van der Waals surface area contributed by atoms with E-state index in [0.717, 1.165) is 6.42 Å². The first-order chi connectivity index (χ1) is 9.87. The van der Waals surface area contributed by atoms with E-state index < -0.39 is 18.6 Å². The normalized spacial score (nSPS) is 11.3. The van der Waals surface area contributed by atoms with E-state index in [1.807, 2.05) is 6.92 Å². The molecule has 0 aliphatic carbocycles. The van der Waals surface area contributed by atoms with Gasteiger partial charge >= 0.3 is 6.18 Å². The van der Waals surface area contributed by atoms with Crippen molar-refractivity contribution in [2.75, 3.05) is 26.2 Å². The molecular weight excluding hydrogens is 285 g/mol. The van der Waals surface area contributed by atoms with Crippen LogP contribution in [0.2, 0.25) is 0 Å². The predicted octanol–water partition coefficient (Wildman–Crippen LogP) is 2.44. The van der Waals surface area contributed by atoms with E-state index >= 15 is 0 Å². The number of ether oxygens (including phenoxy) is 1. The van der Waals surface area contributed by atoms with Gasteiger partial charge in [0.2, 0.25) is 0 Å². The van der Waals surface area contributed by atoms with Gasteiger partial charge in [-0.15, -0.1) is 0 Å². The highest BCUT2D eigenvalue weighted by molar-refractivity contribution is 5.94. The summed E-state index contributed by atoms with van der Waals surface area (Å²) < 4.78 is 42.8. The molecule has 0 spiro atoms. The fourth-order valence-corrected chi connectivity index (χ4v) is 1.75. The Bertz CT molecular complexity index is 464. The Morgan fingerprint density at radius 2 is 2.10 bits per heavy atom. The molecule has 2 N–H and O–H groups in total. The summed E-state index contributed by atoms with van der Waals surface area (Å²) in [5.74, 6) is -0.248. The first-order valence-electron chi connectivity index (χ1n) is 6.66. The fraction of sp³-hybridized carbons (Fsp3) is 0.500. The zero-order chi connectivity index (χ0) is 15.9. The molecule has 0 aliphatic heterocycles. The van der Waals surface area contributed by atoms with Crippen LogP contribution in [0.25, 0.3) is 0 Å². The third kappa shape index (κ3) is 6.03. The van der Waals surface area contributed by atoms with Crippen molar-refractivity contribution in [3.05, 3.63) is 29.8 Å². The SMILES string of the molecule is CCCOc1cccc(C(=O)N(CCN)CC(F)(F)F)c1. The summed E-state index contributed by atoms with van der Waals surface area (Å²) in [6.45, 7) is 0.906. The smallest absolute Gasteiger partial charge is 0.406 e. The lowest BCUT2D eigenvalue weighted by Crippen LogP contribution is -2.41. The molecule has 0 atom stereocenters. The highest BCUT2D eigenvalue weighted by atomic mass is 19.4. The number of hydrogen-bond donors (Lipinski definition) is 1. The molecule has 1 aromatic carbocycles. The molecule has 0 bridgehead atoms. The number of hydrogen-bond acceptors (Lipinski definition) is 3. The van der Waals surface area contributed by atoms with Gasteiger partial charge in [0.05, 0.1) is 6.61 Å². The standard InChI is InChI=1S/C14H19F3N2O2/c1-2-8-21-12-5-3-4-11(9-12)13(20)19(7-6-18)10-14(15,16)17/h3-5,9H,2,6-8,10,18H2,1H3. The average molecular weight is 304 g/mol. The van der Waals surface area contributed by atoms with E-state index in [4.69, 9.17) is 10.5 Å². The number of alkyl halides is 3. The number of carbonyl (C=O) groups is 1. The molecule has 0 unspecified atom stereocenters.